The lowest BCUT2D eigenvalue weighted by molar-refractivity contribution is -0.135. The van der Waals surface area contributed by atoms with Gasteiger partial charge < -0.3 is 14.2 Å². The Morgan fingerprint density at radius 1 is 1.20 bits per heavy atom. The maximum absolute atomic E-state index is 12.6. The molecule has 4 nitrogen and oxygen atoms in total. The lowest BCUT2D eigenvalue weighted by Gasteiger charge is -2.25. The highest BCUT2D eigenvalue weighted by molar-refractivity contribution is 5.78. The van der Waals surface area contributed by atoms with E-state index in [1.54, 1.807) is 7.11 Å². The first-order chi connectivity index (χ1) is 12.0. The normalized spacial score (nSPS) is 11.1. The molecule has 0 saturated heterocycles. The van der Waals surface area contributed by atoms with Gasteiger partial charge in [-0.05, 0) is 36.6 Å². The number of methoxy groups -OCH3 is 1. The minimum Gasteiger partial charge on any atom is -0.385 e. The number of rotatable bonds is 9. The molecule has 0 spiro atoms. The molecule has 1 heterocycles. The Kier molecular flexibility index (Phi) is 7.26. The second-order valence-corrected chi connectivity index (χ2v) is 6.81. The smallest absolute Gasteiger partial charge is 0.225 e. The third-order valence-corrected chi connectivity index (χ3v) is 4.46. The second kappa shape index (κ2) is 9.42. The summed E-state index contributed by atoms with van der Waals surface area (Å²) in [7, 11) is 1.70. The van der Waals surface area contributed by atoms with Gasteiger partial charge in [0.15, 0.2) is 0 Å². The molecule has 1 aromatic carbocycles. The number of carbonyl (C=O) groups excluding carboxylic acids is 1. The van der Waals surface area contributed by atoms with Crippen LogP contribution in [0.3, 0.4) is 0 Å². The molecule has 0 fully saturated rings. The number of carbonyl (C=O) groups is 1. The summed E-state index contributed by atoms with van der Waals surface area (Å²) in [6.45, 7) is 8.91. The Morgan fingerprint density at radius 3 is 2.64 bits per heavy atom. The van der Waals surface area contributed by atoms with Crippen LogP contribution in [0.25, 0.3) is 0 Å². The van der Waals surface area contributed by atoms with Gasteiger partial charge in [-0.2, -0.15) is 0 Å². The number of aryl methyl sites for hydroxylation is 1. The van der Waals surface area contributed by atoms with Crippen molar-refractivity contribution in [1.29, 1.82) is 0 Å². The van der Waals surface area contributed by atoms with Crippen molar-refractivity contribution in [3.8, 4) is 0 Å². The number of benzene rings is 1. The van der Waals surface area contributed by atoms with E-state index in [0.29, 0.717) is 13.2 Å². The largest absolute Gasteiger partial charge is 0.385 e. The maximum atomic E-state index is 12.6. The Bertz CT molecular complexity index is 676. The van der Waals surface area contributed by atoms with Crippen LogP contribution in [-0.2, 0) is 22.6 Å². The van der Waals surface area contributed by atoms with Crippen LogP contribution in [0.4, 0.5) is 0 Å². The molecule has 0 radical (unpaired) electrons. The summed E-state index contributed by atoms with van der Waals surface area (Å²) in [5.74, 6) is 0.196. The van der Waals surface area contributed by atoms with Gasteiger partial charge in [0, 0.05) is 44.6 Å². The van der Waals surface area contributed by atoms with Gasteiger partial charge >= 0.3 is 0 Å². The average Bonchev–Trinajstić information content (AvgIpc) is 3.02. The Morgan fingerprint density at radius 2 is 1.96 bits per heavy atom. The first-order valence-corrected chi connectivity index (χ1v) is 8.99. The van der Waals surface area contributed by atoms with Crippen LogP contribution in [-0.4, -0.2) is 35.6 Å². The van der Waals surface area contributed by atoms with Crippen molar-refractivity contribution < 1.29 is 9.53 Å². The van der Waals surface area contributed by atoms with Gasteiger partial charge in [0.25, 0.3) is 0 Å². The van der Waals surface area contributed by atoms with E-state index >= 15 is 0 Å². The fourth-order valence-electron chi connectivity index (χ4n) is 2.95. The van der Waals surface area contributed by atoms with E-state index in [1.807, 2.05) is 18.7 Å². The van der Waals surface area contributed by atoms with Crippen LogP contribution in [0, 0.1) is 12.8 Å². The molecule has 0 saturated carbocycles. The third kappa shape index (κ3) is 5.46. The summed E-state index contributed by atoms with van der Waals surface area (Å²) in [4.78, 5) is 14.5. The second-order valence-electron chi connectivity index (χ2n) is 6.81. The molecule has 4 heteroatoms. The third-order valence-electron chi connectivity index (χ3n) is 4.46. The topological polar surface area (TPSA) is 34.5 Å². The van der Waals surface area contributed by atoms with E-state index in [-0.39, 0.29) is 11.8 Å². The van der Waals surface area contributed by atoms with Crippen molar-refractivity contribution in [2.24, 2.45) is 5.92 Å². The van der Waals surface area contributed by atoms with Crippen LogP contribution in [0.1, 0.15) is 37.1 Å². The van der Waals surface area contributed by atoms with Crippen molar-refractivity contribution >= 4 is 5.91 Å². The minimum absolute atomic E-state index is 0.00215. The zero-order chi connectivity index (χ0) is 18.2. The van der Waals surface area contributed by atoms with Crippen molar-refractivity contribution in [3.63, 3.8) is 0 Å². The summed E-state index contributed by atoms with van der Waals surface area (Å²) in [5, 5.41) is 0. The van der Waals surface area contributed by atoms with Crippen LogP contribution < -0.4 is 0 Å². The van der Waals surface area contributed by atoms with Gasteiger partial charge in [-0.25, -0.2) is 0 Å². The molecule has 0 unspecified atom stereocenters. The molecule has 0 N–H and O–H groups in total. The van der Waals surface area contributed by atoms with E-state index in [0.717, 1.165) is 25.2 Å². The minimum atomic E-state index is 0.00215. The van der Waals surface area contributed by atoms with Gasteiger partial charge in [0.05, 0.1) is 6.54 Å². The summed E-state index contributed by atoms with van der Waals surface area (Å²) in [6, 6.07) is 12.6. The summed E-state index contributed by atoms with van der Waals surface area (Å²) >= 11 is 0. The van der Waals surface area contributed by atoms with E-state index < -0.39 is 0 Å². The maximum Gasteiger partial charge on any atom is 0.225 e. The number of ether oxygens (including phenoxy) is 1. The molecule has 0 aliphatic heterocycles. The number of hydrogen-bond donors (Lipinski definition) is 0. The SMILES string of the molecule is COCCCN(Cc1cccn1Cc1ccccc1C)C(=O)C(C)C. The quantitative estimate of drug-likeness (QED) is 0.649. The highest BCUT2D eigenvalue weighted by Crippen LogP contribution is 2.15. The molecule has 0 aliphatic carbocycles. The summed E-state index contributed by atoms with van der Waals surface area (Å²) < 4.78 is 7.38. The molecule has 2 aromatic rings. The Labute approximate surface area is 151 Å². The van der Waals surface area contributed by atoms with Gasteiger partial charge in [0.1, 0.15) is 0 Å². The van der Waals surface area contributed by atoms with Crippen LogP contribution in [0.15, 0.2) is 42.6 Å². The average molecular weight is 342 g/mol. The van der Waals surface area contributed by atoms with Crippen LogP contribution >= 0.6 is 0 Å². The van der Waals surface area contributed by atoms with E-state index in [9.17, 15) is 4.79 Å². The van der Waals surface area contributed by atoms with Crippen molar-refractivity contribution in [2.45, 2.75) is 40.3 Å². The fourth-order valence-corrected chi connectivity index (χ4v) is 2.95. The van der Waals surface area contributed by atoms with Gasteiger partial charge in [-0.3, -0.25) is 4.79 Å². The molecular weight excluding hydrogens is 312 g/mol. The van der Waals surface area contributed by atoms with Gasteiger partial charge in [0.2, 0.25) is 5.91 Å². The number of amides is 1. The van der Waals surface area contributed by atoms with Gasteiger partial charge in [-0.1, -0.05) is 38.1 Å². The highest BCUT2D eigenvalue weighted by atomic mass is 16.5. The molecule has 25 heavy (non-hydrogen) atoms. The lowest BCUT2D eigenvalue weighted by atomic mass is 10.1. The van der Waals surface area contributed by atoms with E-state index in [2.05, 4.69) is 54.1 Å². The van der Waals surface area contributed by atoms with Crippen LogP contribution in [0.2, 0.25) is 0 Å². The zero-order valence-corrected chi connectivity index (χ0v) is 15.9. The number of aromatic nitrogens is 1. The molecule has 2 rings (SSSR count). The summed E-state index contributed by atoms with van der Waals surface area (Å²) in [6.07, 6.45) is 2.95. The standard InChI is InChI=1S/C21H30N2O2/c1-17(2)21(24)23(13-8-14-25-4)16-20-11-7-12-22(20)15-19-10-6-5-9-18(19)3/h5-7,9-12,17H,8,13-16H2,1-4H3. The molecule has 0 atom stereocenters. The highest BCUT2D eigenvalue weighted by Gasteiger charge is 2.18. The predicted octanol–water partition coefficient (Wildman–Crippen LogP) is 3.87. The number of hydrogen-bond acceptors (Lipinski definition) is 2. The molecular formula is C21H30N2O2. The lowest BCUT2D eigenvalue weighted by Crippen LogP contribution is -2.35. The molecule has 0 bridgehead atoms. The van der Waals surface area contributed by atoms with E-state index in [1.165, 1.54) is 11.1 Å². The first-order valence-electron chi connectivity index (χ1n) is 8.99. The van der Waals surface area contributed by atoms with Crippen molar-refractivity contribution in [3.05, 3.63) is 59.4 Å². The predicted molar refractivity (Wildman–Crippen MR) is 101 cm³/mol. The van der Waals surface area contributed by atoms with Crippen LogP contribution in [0.5, 0.6) is 0 Å². The fraction of sp³-hybridized carbons (Fsp3) is 0.476. The Hall–Kier alpha value is -2.07. The number of nitrogens with zero attached hydrogens (tertiary/aromatic N) is 2. The molecule has 0 aliphatic rings. The zero-order valence-electron chi connectivity index (χ0n) is 15.9. The monoisotopic (exact) mass is 342 g/mol. The van der Waals surface area contributed by atoms with E-state index in [4.69, 9.17) is 4.74 Å². The molecule has 1 amide bonds. The summed E-state index contributed by atoms with van der Waals surface area (Å²) in [5.41, 5.74) is 3.76. The van der Waals surface area contributed by atoms with Gasteiger partial charge in [-0.15, -0.1) is 0 Å². The van der Waals surface area contributed by atoms with Crippen molar-refractivity contribution in [2.75, 3.05) is 20.3 Å². The van der Waals surface area contributed by atoms with Crippen molar-refractivity contribution in [1.82, 2.24) is 9.47 Å². The Balaban J connectivity index is 2.12. The molecule has 136 valence electrons. The first kappa shape index (κ1) is 19.3. The molecule has 1 aromatic heterocycles.